The maximum Gasteiger partial charge on any atom is 0.495 e. The zero-order chi connectivity index (χ0) is 19.9. The minimum Gasteiger partial charge on any atom is -0.399 e. The Morgan fingerprint density at radius 1 is 0.679 bits per heavy atom. The van der Waals surface area contributed by atoms with Gasteiger partial charge in [-0.3, -0.25) is 0 Å². The van der Waals surface area contributed by atoms with E-state index in [4.69, 9.17) is 9.31 Å². The molecule has 2 aliphatic rings. The summed E-state index contributed by atoms with van der Waals surface area (Å²) >= 11 is 0. The van der Waals surface area contributed by atoms with Crippen LogP contribution in [-0.2, 0) is 14.7 Å². The molecule has 0 N–H and O–H groups in total. The van der Waals surface area contributed by atoms with Gasteiger partial charge < -0.3 is 9.31 Å². The molecule has 0 aromatic heterocycles. The Balaban J connectivity index is 1.81. The average Bonchev–Trinajstić information content (AvgIpc) is 3.01. The van der Waals surface area contributed by atoms with E-state index in [1.165, 1.54) is 33.0 Å². The molecule has 142 valence electrons. The van der Waals surface area contributed by atoms with E-state index in [2.05, 4.69) is 96.1 Å². The van der Waals surface area contributed by atoms with Crippen LogP contribution in [0, 0.1) is 0 Å². The van der Waals surface area contributed by atoms with Crippen LogP contribution in [0.4, 0.5) is 0 Å². The predicted octanol–water partition coefficient (Wildman–Crippen LogP) is 5.45. The molecule has 0 amide bonds. The van der Waals surface area contributed by atoms with E-state index in [0.717, 1.165) is 5.46 Å². The topological polar surface area (TPSA) is 18.5 Å². The van der Waals surface area contributed by atoms with E-state index in [0.29, 0.717) is 0 Å². The lowest BCUT2D eigenvalue weighted by Gasteiger charge is -2.32. The molecule has 0 bridgehead atoms. The van der Waals surface area contributed by atoms with Crippen LogP contribution in [0.5, 0.6) is 0 Å². The minimum atomic E-state index is -0.365. The molecule has 2 nitrogen and oxygen atoms in total. The summed E-state index contributed by atoms with van der Waals surface area (Å²) in [4.78, 5) is 0. The van der Waals surface area contributed by atoms with E-state index in [1.807, 2.05) is 0 Å². The average molecular weight is 370 g/mol. The van der Waals surface area contributed by atoms with Crippen molar-refractivity contribution >= 4 is 23.4 Å². The monoisotopic (exact) mass is 370 g/mol. The molecule has 1 aliphatic carbocycles. The lowest BCUT2D eigenvalue weighted by Crippen LogP contribution is -2.41. The molecule has 3 aromatic carbocycles. The van der Waals surface area contributed by atoms with Gasteiger partial charge in [-0.15, -0.1) is 0 Å². The fraction of sp³-hybridized carbons (Fsp3) is 0.360. The van der Waals surface area contributed by atoms with Crippen LogP contribution in [0.1, 0.15) is 52.7 Å². The largest absolute Gasteiger partial charge is 0.495 e. The Kier molecular flexibility index (Phi) is 3.52. The lowest BCUT2D eigenvalue weighted by molar-refractivity contribution is 0.00578. The van der Waals surface area contributed by atoms with Crippen molar-refractivity contribution in [2.75, 3.05) is 0 Å². The highest BCUT2D eigenvalue weighted by atomic mass is 16.7. The van der Waals surface area contributed by atoms with Gasteiger partial charge >= 0.3 is 7.12 Å². The van der Waals surface area contributed by atoms with Crippen molar-refractivity contribution in [1.82, 2.24) is 0 Å². The zero-order valence-corrected chi connectivity index (χ0v) is 17.6. The molecule has 1 fully saturated rings. The molecule has 0 spiro atoms. The van der Waals surface area contributed by atoms with Gasteiger partial charge in [-0.05, 0) is 66.2 Å². The molecule has 3 aromatic rings. The molecule has 0 saturated carbocycles. The highest BCUT2D eigenvalue weighted by Crippen LogP contribution is 2.51. The number of benzene rings is 3. The second-order valence-corrected chi connectivity index (χ2v) is 9.69. The second kappa shape index (κ2) is 5.49. The van der Waals surface area contributed by atoms with Crippen LogP contribution < -0.4 is 5.46 Å². The molecule has 3 heteroatoms. The minimum absolute atomic E-state index is 0.0278. The smallest absolute Gasteiger partial charge is 0.399 e. The van der Waals surface area contributed by atoms with Gasteiger partial charge in [-0.25, -0.2) is 0 Å². The van der Waals surface area contributed by atoms with Crippen LogP contribution in [0.3, 0.4) is 0 Å². The van der Waals surface area contributed by atoms with Crippen molar-refractivity contribution in [2.45, 2.75) is 58.2 Å². The summed E-state index contributed by atoms with van der Waals surface area (Å²) in [6, 6.07) is 19.8. The SMILES string of the molecule is CC1(C)c2ccccc2-c2cc(B3OC(C)(C)C(C)(C)O3)c3ccccc3c21. The predicted molar refractivity (Wildman–Crippen MR) is 117 cm³/mol. The van der Waals surface area contributed by atoms with Crippen molar-refractivity contribution in [3.63, 3.8) is 0 Å². The molecular formula is C25H27BO2. The van der Waals surface area contributed by atoms with E-state index >= 15 is 0 Å². The van der Waals surface area contributed by atoms with Crippen LogP contribution in [-0.4, -0.2) is 18.3 Å². The van der Waals surface area contributed by atoms with E-state index < -0.39 is 0 Å². The Morgan fingerprint density at radius 2 is 1.25 bits per heavy atom. The quantitative estimate of drug-likeness (QED) is 0.531. The summed E-state index contributed by atoms with van der Waals surface area (Å²) in [5, 5.41) is 2.52. The molecule has 1 saturated heterocycles. The van der Waals surface area contributed by atoms with E-state index in [9.17, 15) is 0 Å². The molecule has 0 atom stereocenters. The first-order valence-corrected chi connectivity index (χ1v) is 10.2. The van der Waals surface area contributed by atoms with Crippen molar-refractivity contribution < 1.29 is 9.31 Å². The fourth-order valence-corrected chi connectivity index (χ4v) is 4.85. The van der Waals surface area contributed by atoms with Crippen molar-refractivity contribution in [3.8, 4) is 11.1 Å². The normalized spacial score (nSPS) is 21.0. The Morgan fingerprint density at radius 3 is 1.93 bits per heavy atom. The van der Waals surface area contributed by atoms with Gasteiger partial charge in [0.2, 0.25) is 0 Å². The number of rotatable bonds is 1. The third-order valence-corrected chi connectivity index (χ3v) is 7.10. The van der Waals surface area contributed by atoms with Gasteiger partial charge in [0, 0.05) is 5.41 Å². The maximum absolute atomic E-state index is 6.44. The standard InChI is InChI=1S/C25H27BO2/c1-23(2)20-14-10-9-11-16(20)19-15-21(17-12-7-8-13-18(17)22(19)23)26-27-24(3,4)25(5,6)28-26/h7-15H,1-6H3. The van der Waals surface area contributed by atoms with Crippen LogP contribution >= 0.6 is 0 Å². The maximum atomic E-state index is 6.44. The first-order valence-electron chi connectivity index (χ1n) is 10.2. The lowest BCUT2D eigenvalue weighted by atomic mass is 9.72. The number of fused-ring (bicyclic) bond motifs is 5. The zero-order valence-electron chi connectivity index (χ0n) is 17.6. The van der Waals surface area contributed by atoms with Crippen molar-refractivity contribution in [1.29, 1.82) is 0 Å². The van der Waals surface area contributed by atoms with Gasteiger partial charge in [0.1, 0.15) is 0 Å². The molecular weight excluding hydrogens is 343 g/mol. The number of hydrogen-bond acceptors (Lipinski definition) is 2. The summed E-state index contributed by atoms with van der Waals surface area (Å²) in [6.45, 7) is 13.1. The molecule has 5 rings (SSSR count). The van der Waals surface area contributed by atoms with Crippen molar-refractivity contribution in [2.24, 2.45) is 0 Å². The van der Waals surface area contributed by atoms with Crippen molar-refractivity contribution in [3.05, 3.63) is 65.7 Å². The first-order chi connectivity index (χ1) is 13.1. The van der Waals surface area contributed by atoms with Crippen LogP contribution in [0.2, 0.25) is 0 Å². The molecule has 28 heavy (non-hydrogen) atoms. The molecule has 1 heterocycles. The summed E-state index contributed by atoms with van der Waals surface area (Å²) in [5.41, 5.74) is 5.82. The van der Waals surface area contributed by atoms with E-state index in [1.54, 1.807) is 0 Å². The Bertz CT molecular complexity index is 1090. The van der Waals surface area contributed by atoms with Gasteiger partial charge in [0.15, 0.2) is 0 Å². The molecule has 0 radical (unpaired) electrons. The summed E-state index contributed by atoms with van der Waals surface area (Å²) in [6.07, 6.45) is 0. The van der Waals surface area contributed by atoms with Gasteiger partial charge in [0.05, 0.1) is 11.2 Å². The molecule has 0 unspecified atom stereocenters. The summed E-state index contributed by atoms with van der Waals surface area (Å²) < 4.78 is 12.9. The molecule has 1 aliphatic heterocycles. The highest BCUT2D eigenvalue weighted by Gasteiger charge is 2.52. The van der Waals surface area contributed by atoms with Gasteiger partial charge in [0.25, 0.3) is 0 Å². The third kappa shape index (κ3) is 2.24. The third-order valence-electron chi connectivity index (χ3n) is 7.10. The second-order valence-electron chi connectivity index (χ2n) is 9.69. The Hall–Kier alpha value is -2.10. The fourth-order valence-electron chi connectivity index (χ4n) is 4.85. The highest BCUT2D eigenvalue weighted by molar-refractivity contribution is 6.65. The Labute approximate surface area is 168 Å². The summed E-state index contributed by atoms with van der Waals surface area (Å²) in [7, 11) is -0.365. The van der Waals surface area contributed by atoms with E-state index in [-0.39, 0.29) is 23.7 Å². The van der Waals surface area contributed by atoms with Crippen LogP contribution in [0.15, 0.2) is 54.6 Å². The van der Waals surface area contributed by atoms with Gasteiger partial charge in [-0.2, -0.15) is 0 Å². The first kappa shape index (κ1) is 18.0. The number of hydrogen-bond donors (Lipinski definition) is 0. The van der Waals surface area contributed by atoms with Crippen LogP contribution in [0.25, 0.3) is 21.9 Å². The van der Waals surface area contributed by atoms with Gasteiger partial charge in [-0.1, -0.05) is 68.4 Å². The summed E-state index contributed by atoms with van der Waals surface area (Å²) in [5.74, 6) is 0.